The SMILES string of the molecule is [C-]#[N+]c1ccc(-c2nc(N3CCC(N)CC3)c(C)c(=O)n2-c2ccc3nn(C)cc3c2)cc1F. The van der Waals surface area contributed by atoms with Crippen molar-refractivity contribution in [3.63, 3.8) is 0 Å². The molecule has 4 aromatic rings. The molecule has 1 aliphatic heterocycles. The van der Waals surface area contributed by atoms with E-state index in [-0.39, 0.29) is 17.3 Å². The van der Waals surface area contributed by atoms with Crippen LogP contribution in [0, 0.1) is 19.3 Å². The first-order valence-electron chi connectivity index (χ1n) is 11.1. The minimum Gasteiger partial charge on any atom is -0.356 e. The molecule has 2 N–H and O–H groups in total. The third-order valence-corrected chi connectivity index (χ3v) is 6.31. The monoisotopic (exact) mass is 457 g/mol. The molecule has 0 atom stereocenters. The van der Waals surface area contributed by atoms with Gasteiger partial charge in [-0.05, 0) is 44.0 Å². The van der Waals surface area contributed by atoms with Crippen LogP contribution in [0.25, 0.3) is 32.8 Å². The summed E-state index contributed by atoms with van der Waals surface area (Å²) in [6.45, 7) is 10.3. The fourth-order valence-corrected chi connectivity index (χ4v) is 4.46. The smallest absolute Gasteiger partial charge is 0.263 e. The highest BCUT2D eigenvalue weighted by Crippen LogP contribution is 2.30. The third kappa shape index (κ3) is 3.72. The molecule has 8 nitrogen and oxygen atoms in total. The molecule has 2 aromatic carbocycles. The summed E-state index contributed by atoms with van der Waals surface area (Å²) in [4.78, 5) is 23.9. The van der Waals surface area contributed by atoms with E-state index in [2.05, 4.69) is 14.8 Å². The van der Waals surface area contributed by atoms with Crippen molar-refractivity contribution < 1.29 is 4.39 Å². The highest BCUT2D eigenvalue weighted by molar-refractivity contribution is 5.81. The van der Waals surface area contributed by atoms with Crippen LogP contribution < -0.4 is 16.2 Å². The molecular weight excluding hydrogens is 433 g/mol. The number of hydrogen-bond acceptors (Lipinski definition) is 5. The lowest BCUT2D eigenvalue weighted by atomic mass is 10.1. The maximum atomic E-state index is 14.6. The third-order valence-electron chi connectivity index (χ3n) is 6.31. The van der Waals surface area contributed by atoms with Gasteiger partial charge in [0.2, 0.25) is 5.69 Å². The summed E-state index contributed by atoms with van der Waals surface area (Å²) in [7, 11) is 1.84. The Labute approximate surface area is 195 Å². The Morgan fingerprint density at radius 3 is 2.65 bits per heavy atom. The number of fused-ring (bicyclic) bond motifs is 1. The normalized spacial score (nSPS) is 14.5. The average molecular weight is 458 g/mol. The minimum absolute atomic E-state index is 0.0771. The van der Waals surface area contributed by atoms with Gasteiger partial charge in [-0.3, -0.25) is 14.0 Å². The molecule has 1 aliphatic rings. The number of halogens is 1. The molecule has 0 bridgehead atoms. The van der Waals surface area contributed by atoms with Crippen molar-refractivity contribution in [2.75, 3.05) is 18.0 Å². The molecule has 9 heteroatoms. The topological polar surface area (TPSA) is 86.3 Å². The Balaban J connectivity index is 1.75. The highest BCUT2D eigenvalue weighted by atomic mass is 19.1. The lowest BCUT2D eigenvalue weighted by Gasteiger charge is -2.32. The second-order valence-electron chi connectivity index (χ2n) is 8.67. The zero-order chi connectivity index (χ0) is 24.0. The van der Waals surface area contributed by atoms with Crippen molar-refractivity contribution in [2.45, 2.75) is 25.8 Å². The lowest BCUT2D eigenvalue weighted by Crippen LogP contribution is -2.41. The first-order valence-corrected chi connectivity index (χ1v) is 11.1. The van der Waals surface area contributed by atoms with Gasteiger partial charge in [-0.2, -0.15) is 5.10 Å². The number of aryl methyl sites for hydroxylation is 1. The zero-order valence-corrected chi connectivity index (χ0v) is 19.0. The quantitative estimate of drug-likeness (QED) is 0.474. The van der Waals surface area contributed by atoms with Crippen molar-refractivity contribution in [1.29, 1.82) is 0 Å². The summed E-state index contributed by atoms with van der Waals surface area (Å²) in [5, 5.41) is 5.27. The molecule has 5 rings (SSSR count). The molecule has 1 fully saturated rings. The highest BCUT2D eigenvalue weighted by Gasteiger charge is 2.24. The summed E-state index contributed by atoms with van der Waals surface area (Å²) in [6, 6.07) is 9.97. The van der Waals surface area contributed by atoms with Gasteiger partial charge in [0, 0.05) is 43.3 Å². The van der Waals surface area contributed by atoms with Crippen molar-refractivity contribution >= 4 is 22.4 Å². The Kier molecular flexibility index (Phi) is 5.38. The van der Waals surface area contributed by atoms with Crippen molar-refractivity contribution in [3.05, 3.63) is 75.7 Å². The van der Waals surface area contributed by atoms with E-state index >= 15 is 0 Å². The number of anilines is 1. The van der Waals surface area contributed by atoms with Gasteiger partial charge in [0.1, 0.15) is 17.5 Å². The van der Waals surface area contributed by atoms with E-state index < -0.39 is 5.82 Å². The molecule has 0 saturated carbocycles. The second kappa shape index (κ2) is 8.39. The number of benzene rings is 2. The average Bonchev–Trinajstić information content (AvgIpc) is 3.20. The summed E-state index contributed by atoms with van der Waals surface area (Å²) in [5.74, 6) is 0.251. The van der Waals surface area contributed by atoms with Crippen LogP contribution in [-0.2, 0) is 7.05 Å². The van der Waals surface area contributed by atoms with E-state index in [0.29, 0.717) is 41.5 Å². The van der Waals surface area contributed by atoms with Gasteiger partial charge in [-0.1, -0.05) is 12.1 Å². The van der Waals surface area contributed by atoms with E-state index in [9.17, 15) is 9.18 Å². The van der Waals surface area contributed by atoms with Crippen LogP contribution in [0.3, 0.4) is 0 Å². The number of rotatable bonds is 3. The van der Waals surface area contributed by atoms with Crippen LogP contribution in [0.2, 0.25) is 0 Å². The van der Waals surface area contributed by atoms with Crippen molar-refractivity contribution in [1.82, 2.24) is 19.3 Å². The largest absolute Gasteiger partial charge is 0.356 e. The van der Waals surface area contributed by atoms with Crippen LogP contribution in [0.1, 0.15) is 18.4 Å². The summed E-state index contributed by atoms with van der Waals surface area (Å²) in [6.07, 6.45) is 3.50. The van der Waals surface area contributed by atoms with Gasteiger partial charge in [0.25, 0.3) is 5.56 Å². The summed E-state index contributed by atoms with van der Waals surface area (Å²) >= 11 is 0. The molecule has 172 valence electrons. The fourth-order valence-electron chi connectivity index (χ4n) is 4.46. The Hall–Kier alpha value is -4.03. The molecule has 0 spiro atoms. The minimum atomic E-state index is -0.651. The summed E-state index contributed by atoms with van der Waals surface area (Å²) < 4.78 is 17.8. The van der Waals surface area contributed by atoms with Crippen LogP contribution >= 0.6 is 0 Å². The number of nitrogens with zero attached hydrogens (tertiary/aromatic N) is 6. The first-order chi connectivity index (χ1) is 16.4. The number of hydrogen-bond donors (Lipinski definition) is 1. The Morgan fingerprint density at radius 2 is 1.94 bits per heavy atom. The lowest BCUT2D eigenvalue weighted by molar-refractivity contribution is 0.497. The van der Waals surface area contributed by atoms with E-state index in [1.165, 1.54) is 16.7 Å². The van der Waals surface area contributed by atoms with Crippen molar-refractivity contribution in [2.24, 2.45) is 12.8 Å². The first kappa shape index (κ1) is 21.8. The predicted molar refractivity (Wildman–Crippen MR) is 130 cm³/mol. The summed E-state index contributed by atoms with van der Waals surface area (Å²) in [5.41, 5.74) is 8.11. The number of nitrogens with two attached hydrogens (primary N) is 1. The molecule has 0 unspecified atom stereocenters. The number of piperidine rings is 1. The fraction of sp³-hybridized carbons (Fsp3) is 0.280. The standard InChI is InChI=1S/C25H24FN7O/c1-15-23(32-10-8-18(27)9-11-32)29-24(16-4-6-22(28-2)20(26)13-16)33(25(15)34)19-5-7-21-17(12-19)14-31(3)30-21/h4-7,12-14,18H,8-11,27H2,1,3H3. The van der Waals surface area contributed by atoms with Crippen LogP contribution in [-0.4, -0.2) is 38.5 Å². The van der Waals surface area contributed by atoms with Gasteiger partial charge < -0.3 is 10.6 Å². The second-order valence-corrected chi connectivity index (χ2v) is 8.67. The van der Waals surface area contributed by atoms with Gasteiger partial charge in [-0.15, -0.1) is 0 Å². The molecule has 34 heavy (non-hydrogen) atoms. The molecule has 3 heterocycles. The Morgan fingerprint density at radius 1 is 1.18 bits per heavy atom. The van der Waals surface area contributed by atoms with Gasteiger partial charge in [0.15, 0.2) is 0 Å². The van der Waals surface area contributed by atoms with Gasteiger partial charge in [0.05, 0.1) is 23.3 Å². The van der Waals surface area contributed by atoms with Gasteiger partial charge in [-0.25, -0.2) is 14.2 Å². The van der Waals surface area contributed by atoms with E-state index in [1.807, 2.05) is 31.4 Å². The number of aromatic nitrogens is 4. The van der Waals surface area contributed by atoms with Gasteiger partial charge >= 0.3 is 0 Å². The predicted octanol–water partition coefficient (Wildman–Crippen LogP) is 3.71. The molecule has 0 radical (unpaired) electrons. The molecule has 1 saturated heterocycles. The Bertz CT molecular complexity index is 1510. The molecule has 0 aliphatic carbocycles. The van der Waals surface area contributed by atoms with Crippen LogP contribution in [0.15, 0.2) is 47.4 Å². The molecular formula is C25H24FN7O. The van der Waals surface area contributed by atoms with E-state index in [1.54, 1.807) is 17.7 Å². The van der Waals surface area contributed by atoms with E-state index in [0.717, 1.165) is 23.7 Å². The molecule has 2 aromatic heterocycles. The zero-order valence-electron chi connectivity index (χ0n) is 19.0. The maximum Gasteiger partial charge on any atom is 0.263 e. The maximum absolute atomic E-state index is 14.6. The molecule has 0 amide bonds. The van der Waals surface area contributed by atoms with E-state index in [4.69, 9.17) is 17.3 Å². The van der Waals surface area contributed by atoms with Crippen LogP contribution in [0.5, 0.6) is 0 Å². The van der Waals surface area contributed by atoms with Crippen LogP contribution in [0.4, 0.5) is 15.9 Å². The van der Waals surface area contributed by atoms with Crippen molar-refractivity contribution in [3.8, 4) is 17.1 Å².